The number of fused-ring (bicyclic) bond motifs is 1. The summed E-state index contributed by atoms with van der Waals surface area (Å²) < 4.78 is 2.21. The van der Waals surface area contributed by atoms with Crippen LogP contribution < -0.4 is 0 Å². The number of aromatic nitrogens is 2. The molecule has 4 heteroatoms. The molecule has 0 bridgehead atoms. The van der Waals surface area contributed by atoms with Crippen LogP contribution in [0.4, 0.5) is 0 Å². The number of imidazole rings is 1. The first-order valence-electron chi connectivity index (χ1n) is 7.13. The fourth-order valence-electron chi connectivity index (χ4n) is 2.94. The van der Waals surface area contributed by atoms with Gasteiger partial charge in [0, 0.05) is 6.04 Å². The second-order valence-corrected chi connectivity index (χ2v) is 5.43. The van der Waals surface area contributed by atoms with Crippen LogP contribution in [0.2, 0.25) is 0 Å². The van der Waals surface area contributed by atoms with E-state index in [-0.39, 0.29) is 0 Å². The zero-order chi connectivity index (χ0) is 14.7. The van der Waals surface area contributed by atoms with Gasteiger partial charge in [-0.1, -0.05) is 26.7 Å². The Morgan fingerprint density at radius 3 is 2.60 bits per heavy atom. The number of nitrogens with zero attached hydrogens (tertiary/aromatic N) is 3. The lowest BCUT2D eigenvalue weighted by atomic mass is 9.95. The molecule has 106 valence electrons. The van der Waals surface area contributed by atoms with Crippen LogP contribution in [0.3, 0.4) is 0 Å². The van der Waals surface area contributed by atoms with Gasteiger partial charge in [0.25, 0.3) is 0 Å². The predicted octanol–water partition coefficient (Wildman–Crippen LogP) is 4.64. The molecule has 1 aromatic carbocycles. The fraction of sp³-hybridized carbons (Fsp3) is 0.500. The van der Waals surface area contributed by atoms with E-state index < -0.39 is 0 Å². The fourth-order valence-corrected chi connectivity index (χ4v) is 3.13. The molecule has 0 amide bonds. The number of benzene rings is 1. The highest BCUT2D eigenvalue weighted by Gasteiger charge is 2.21. The smallest absolute Gasteiger partial charge is 0.125 e. The van der Waals surface area contributed by atoms with E-state index in [2.05, 4.69) is 36.4 Å². The summed E-state index contributed by atoms with van der Waals surface area (Å²) in [5, 5.41) is 9.09. The standard InChI is InChI=1S/C16H20ClN3/c1-4-13(5-2)11(3)20-15-8-12(10-18)6-7-14(15)19-16(20)9-17/h6-8,11,13H,4-5,9H2,1-3H3. The second-order valence-electron chi connectivity index (χ2n) is 5.16. The Labute approximate surface area is 125 Å². The Morgan fingerprint density at radius 1 is 1.35 bits per heavy atom. The van der Waals surface area contributed by atoms with Gasteiger partial charge in [0.15, 0.2) is 0 Å². The van der Waals surface area contributed by atoms with Gasteiger partial charge in [-0.15, -0.1) is 11.6 Å². The normalized spacial score (nSPS) is 12.8. The highest BCUT2D eigenvalue weighted by atomic mass is 35.5. The molecule has 0 radical (unpaired) electrons. The molecular formula is C16H20ClN3. The number of halogens is 1. The number of rotatable bonds is 5. The van der Waals surface area contributed by atoms with Crippen molar-refractivity contribution in [3.8, 4) is 6.07 Å². The molecule has 1 unspecified atom stereocenters. The van der Waals surface area contributed by atoms with Gasteiger partial charge >= 0.3 is 0 Å². The minimum Gasteiger partial charge on any atom is -0.324 e. The summed E-state index contributed by atoms with van der Waals surface area (Å²) >= 11 is 6.06. The van der Waals surface area contributed by atoms with Crippen molar-refractivity contribution >= 4 is 22.6 Å². The Balaban J connectivity index is 2.62. The molecule has 1 atom stereocenters. The first-order valence-corrected chi connectivity index (χ1v) is 7.66. The van der Waals surface area contributed by atoms with Gasteiger partial charge in [0.2, 0.25) is 0 Å². The van der Waals surface area contributed by atoms with Gasteiger partial charge in [-0.3, -0.25) is 0 Å². The van der Waals surface area contributed by atoms with Crippen LogP contribution in [0.15, 0.2) is 18.2 Å². The summed E-state index contributed by atoms with van der Waals surface area (Å²) in [6.45, 7) is 6.64. The summed E-state index contributed by atoms with van der Waals surface area (Å²) in [7, 11) is 0. The van der Waals surface area contributed by atoms with Crippen LogP contribution in [-0.4, -0.2) is 9.55 Å². The molecule has 0 fully saturated rings. The van der Waals surface area contributed by atoms with E-state index in [1.807, 2.05) is 12.1 Å². The van der Waals surface area contributed by atoms with Gasteiger partial charge in [-0.05, 0) is 31.0 Å². The maximum Gasteiger partial charge on any atom is 0.125 e. The molecule has 0 aliphatic rings. The van der Waals surface area contributed by atoms with Crippen LogP contribution in [0.5, 0.6) is 0 Å². The summed E-state index contributed by atoms with van der Waals surface area (Å²) in [5.41, 5.74) is 2.59. The van der Waals surface area contributed by atoms with E-state index in [0.717, 1.165) is 29.7 Å². The Morgan fingerprint density at radius 2 is 2.05 bits per heavy atom. The number of hydrogen-bond donors (Lipinski definition) is 0. The molecule has 20 heavy (non-hydrogen) atoms. The molecule has 3 nitrogen and oxygen atoms in total. The minimum atomic E-state index is 0.331. The van der Waals surface area contributed by atoms with Crippen LogP contribution >= 0.6 is 11.6 Å². The Kier molecular flexibility index (Phi) is 4.67. The van der Waals surface area contributed by atoms with Crippen molar-refractivity contribution in [3.05, 3.63) is 29.6 Å². The molecule has 0 aliphatic heterocycles. The van der Waals surface area contributed by atoms with E-state index in [1.54, 1.807) is 6.07 Å². The number of hydrogen-bond acceptors (Lipinski definition) is 2. The van der Waals surface area contributed by atoms with Crippen LogP contribution in [0.1, 0.15) is 51.0 Å². The molecule has 0 aliphatic carbocycles. The highest BCUT2D eigenvalue weighted by molar-refractivity contribution is 6.16. The lowest BCUT2D eigenvalue weighted by Gasteiger charge is -2.25. The van der Waals surface area contributed by atoms with Crippen LogP contribution in [0.25, 0.3) is 11.0 Å². The summed E-state index contributed by atoms with van der Waals surface area (Å²) in [4.78, 5) is 4.60. The van der Waals surface area contributed by atoms with Crippen molar-refractivity contribution < 1.29 is 0 Å². The lowest BCUT2D eigenvalue weighted by molar-refractivity contribution is 0.334. The molecule has 0 saturated carbocycles. The van der Waals surface area contributed by atoms with Crippen molar-refractivity contribution in [2.24, 2.45) is 5.92 Å². The first-order chi connectivity index (χ1) is 9.65. The van der Waals surface area contributed by atoms with Gasteiger partial charge in [-0.25, -0.2) is 4.98 Å². The van der Waals surface area contributed by atoms with Crippen molar-refractivity contribution in [2.75, 3.05) is 0 Å². The molecule has 2 rings (SSSR count). The van der Waals surface area contributed by atoms with Gasteiger partial charge in [0.1, 0.15) is 5.82 Å². The first kappa shape index (κ1) is 14.9. The van der Waals surface area contributed by atoms with Gasteiger partial charge < -0.3 is 4.57 Å². The van der Waals surface area contributed by atoms with Gasteiger partial charge in [0.05, 0.1) is 28.5 Å². The van der Waals surface area contributed by atoms with E-state index in [9.17, 15) is 0 Å². The predicted molar refractivity (Wildman–Crippen MR) is 82.8 cm³/mol. The second kappa shape index (κ2) is 6.28. The molecular weight excluding hydrogens is 270 g/mol. The molecule has 0 N–H and O–H groups in total. The summed E-state index contributed by atoms with van der Waals surface area (Å²) in [5.74, 6) is 1.86. The van der Waals surface area contributed by atoms with E-state index >= 15 is 0 Å². The van der Waals surface area contributed by atoms with E-state index in [1.165, 1.54) is 0 Å². The minimum absolute atomic E-state index is 0.331. The number of alkyl halides is 1. The van der Waals surface area contributed by atoms with Gasteiger partial charge in [-0.2, -0.15) is 5.26 Å². The third-order valence-electron chi connectivity index (χ3n) is 4.15. The zero-order valence-electron chi connectivity index (χ0n) is 12.2. The average Bonchev–Trinajstić information content (AvgIpc) is 2.85. The van der Waals surface area contributed by atoms with Crippen molar-refractivity contribution in [1.82, 2.24) is 9.55 Å². The summed E-state index contributed by atoms with van der Waals surface area (Å²) in [6, 6.07) is 8.15. The SMILES string of the molecule is CCC(CC)C(C)n1c(CCl)nc2ccc(C#N)cc21. The zero-order valence-corrected chi connectivity index (χ0v) is 13.0. The molecule has 1 heterocycles. The van der Waals surface area contributed by atoms with Crippen LogP contribution in [0, 0.1) is 17.2 Å². The van der Waals surface area contributed by atoms with Crippen molar-refractivity contribution in [3.63, 3.8) is 0 Å². The lowest BCUT2D eigenvalue weighted by Crippen LogP contribution is -2.17. The van der Waals surface area contributed by atoms with Crippen molar-refractivity contribution in [2.45, 2.75) is 45.5 Å². The molecule has 2 aromatic rings. The third-order valence-corrected chi connectivity index (χ3v) is 4.39. The Bertz CT molecular complexity index is 635. The molecule has 0 spiro atoms. The largest absolute Gasteiger partial charge is 0.324 e. The van der Waals surface area contributed by atoms with Crippen molar-refractivity contribution in [1.29, 1.82) is 5.26 Å². The molecule has 0 saturated heterocycles. The average molecular weight is 290 g/mol. The third kappa shape index (κ3) is 2.53. The Hall–Kier alpha value is -1.53. The topological polar surface area (TPSA) is 41.6 Å². The monoisotopic (exact) mass is 289 g/mol. The maximum absolute atomic E-state index is 9.09. The van der Waals surface area contributed by atoms with Crippen LogP contribution in [-0.2, 0) is 5.88 Å². The maximum atomic E-state index is 9.09. The highest BCUT2D eigenvalue weighted by Crippen LogP contribution is 2.30. The quantitative estimate of drug-likeness (QED) is 0.752. The van der Waals surface area contributed by atoms with E-state index in [0.29, 0.717) is 23.4 Å². The number of nitriles is 1. The van der Waals surface area contributed by atoms with E-state index in [4.69, 9.17) is 16.9 Å². The summed E-state index contributed by atoms with van der Waals surface area (Å²) in [6.07, 6.45) is 2.24. The molecule has 1 aromatic heterocycles.